The highest BCUT2D eigenvalue weighted by Crippen LogP contribution is 2.13. The van der Waals surface area contributed by atoms with Gasteiger partial charge in [-0.05, 0) is 37.3 Å². The molecule has 0 unspecified atom stereocenters. The average Bonchev–Trinajstić information content (AvgIpc) is 2.71. The van der Waals surface area contributed by atoms with Gasteiger partial charge in [0.25, 0.3) is 11.8 Å². The first-order valence-corrected chi connectivity index (χ1v) is 8.48. The molecule has 7 nitrogen and oxygen atoms in total. The lowest BCUT2D eigenvalue weighted by Gasteiger charge is -2.20. The fourth-order valence-corrected chi connectivity index (χ4v) is 2.40. The predicted octanol–water partition coefficient (Wildman–Crippen LogP) is 2.02. The van der Waals surface area contributed by atoms with Gasteiger partial charge in [-0.3, -0.25) is 14.4 Å². The van der Waals surface area contributed by atoms with Crippen molar-refractivity contribution < 1.29 is 23.9 Å². The minimum atomic E-state index is -0.691. The molecule has 2 rings (SSSR count). The van der Waals surface area contributed by atoms with Gasteiger partial charge in [0.1, 0.15) is 12.3 Å². The van der Waals surface area contributed by atoms with Gasteiger partial charge in [0, 0.05) is 17.8 Å². The van der Waals surface area contributed by atoms with Gasteiger partial charge in [0.2, 0.25) is 0 Å². The summed E-state index contributed by atoms with van der Waals surface area (Å²) in [4.78, 5) is 37.6. The number of nitrogens with zero attached hydrogens (tertiary/aromatic N) is 1. The standard InChI is InChI=1S/C20H22N2O5/c1-3-22(16-9-5-4-6-10-16)18(23)14-27-19(24)13-21-20(25)15-8-7-11-17(12-15)26-2/h4-12H,3,13-14H2,1-2H3,(H,21,25). The number of amides is 2. The number of ether oxygens (including phenoxy) is 2. The van der Waals surface area contributed by atoms with E-state index in [1.54, 1.807) is 36.4 Å². The third-order valence-corrected chi connectivity index (χ3v) is 3.77. The first-order valence-electron chi connectivity index (χ1n) is 8.48. The molecule has 7 heteroatoms. The molecule has 0 heterocycles. The second kappa shape index (κ2) is 9.96. The van der Waals surface area contributed by atoms with Crippen molar-refractivity contribution in [1.82, 2.24) is 5.32 Å². The molecule has 27 heavy (non-hydrogen) atoms. The zero-order valence-corrected chi connectivity index (χ0v) is 15.3. The smallest absolute Gasteiger partial charge is 0.325 e. The number of hydrogen-bond donors (Lipinski definition) is 1. The Balaban J connectivity index is 1.81. The molecule has 2 aromatic rings. The number of anilines is 1. The number of rotatable bonds is 8. The van der Waals surface area contributed by atoms with Gasteiger partial charge in [0.15, 0.2) is 6.61 Å². The maximum atomic E-state index is 12.3. The second-order valence-electron chi connectivity index (χ2n) is 5.55. The molecule has 0 spiro atoms. The Morgan fingerprint density at radius 3 is 2.44 bits per heavy atom. The molecule has 0 saturated heterocycles. The van der Waals surface area contributed by atoms with Crippen LogP contribution < -0.4 is 15.0 Å². The molecular formula is C20H22N2O5. The summed E-state index contributed by atoms with van der Waals surface area (Å²) in [5, 5.41) is 2.45. The van der Waals surface area contributed by atoms with E-state index in [1.165, 1.54) is 12.0 Å². The first kappa shape index (κ1) is 20.0. The summed E-state index contributed by atoms with van der Waals surface area (Å²) < 4.78 is 10.0. The van der Waals surface area contributed by atoms with Gasteiger partial charge in [-0.25, -0.2) is 0 Å². The van der Waals surface area contributed by atoms with Crippen LogP contribution in [0.25, 0.3) is 0 Å². The topological polar surface area (TPSA) is 84.9 Å². The van der Waals surface area contributed by atoms with E-state index in [1.807, 2.05) is 25.1 Å². The zero-order chi connectivity index (χ0) is 19.6. The van der Waals surface area contributed by atoms with E-state index >= 15 is 0 Å². The van der Waals surface area contributed by atoms with Crippen molar-refractivity contribution >= 4 is 23.5 Å². The molecule has 0 fully saturated rings. The van der Waals surface area contributed by atoms with Crippen molar-refractivity contribution in [3.8, 4) is 5.75 Å². The number of nitrogens with one attached hydrogen (secondary N) is 1. The second-order valence-corrected chi connectivity index (χ2v) is 5.55. The van der Waals surface area contributed by atoms with Crippen molar-refractivity contribution in [2.24, 2.45) is 0 Å². The van der Waals surface area contributed by atoms with Gasteiger partial charge in [0.05, 0.1) is 7.11 Å². The zero-order valence-electron chi connectivity index (χ0n) is 15.3. The van der Waals surface area contributed by atoms with Crippen LogP contribution in [0.1, 0.15) is 17.3 Å². The Morgan fingerprint density at radius 1 is 1.04 bits per heavy atom. The molecule has 1 N–H and O–H groups in total. The van der Waals surface area contributed by atoms with Crippen LogP contribution in [0.2, 0.25) is 0 Å². The lowest BCUT2D eigenvalue weighted by atomic mass is 10.2. The highest BCUT2D eigenvalue weighted by Gasteiger charge is 2.16. The summed E-state index contributed by atoms with van der Waals surface area (Å²) in [5.74, 6) is -0.923. The van der Waals surface area contributed by atoms with Crippen LogP contribution in [0.5, 0.6) is 5.75 Å². The molecular weight excluding hydrogens is 348 g/mol. The normalized spacial score (nSPS) is 10.0. The van der Waals surface area contributed by atoms with E-state index in [0.717, 1.165) is 5.69 Å². The van der Waals surface area contributed by atoms with E-state index in [2.05, 4.69) is 5.32 Å². The lowest BCUT2D eigenvalue weighted by Crippen LogP contribution is -2.36. The lowest BCUT2D eigenvalue weighted by molar-refractivity contribution is -0.146. The maximum absolute atomic E-state index is 12.3. The number of benzene rings is 2. The fourth-order valence-electron chi connectivity index (χ4n) is 2.40. The number of para-hydroxylation sites is 1. The molecule has 2 aromatic carbocycles. The van der Waals surface area contributed by atoms with Gasteiger partial charge in [-0.15, -0.1) is 0 Å². The summed E-state index contributed by atoms with van der Waals surface area (Å²) >= 11 is 0. The molecule has 0 aromatic heterocycles. The van der Waals surface area contributed by atoms with E-state index in [-0.39, 0.29) is 12.5 Å². The van der Waals surface area contributed by atoms with Crippen molar-refractivity contribution in [2.75, 3.05) is 31.7 Å². The number of esters is 1. The van der Waals surface area contributed by atoms with Gasteiger partial charge in [-0.2, -0.15) is 0 Å². The monoisotopic (exact) mass is 370 g/mol. The third-order valence-electron chi connectivity index (χ3n) is 3.77. The number of carbonyl (C=O) groups is 3. The van der Waals surface area contributed by atoms with Crippen molar-refractivity contribution in [1.29, 1.82) is 0 Å². The predicted molar refractivity (Wildman–Crippen MR) is 101 cm³/mol. The summed E-state index contributed by atoms with van der Waals surface area (Å²) in [7, 11) is 1.50. The maximum Gasteiger partial charge on any atom is 0.325 e. The largest absolute Gasteiger partial charge is 0.497 e. The van der Waals surface area contributed by atoms with E-state index in [9.17, 15) is 14.4 Å². The Labute approximate surface area is 157 Å². The minimum Gasteiger partial charge on any atom is -0.497 e. The van der Waals surface area contributed by atoms with Crippen molar-refractivity contribution in [3.05, 3.63) is 60.2 Å². The third kappa shape index (κ3) is 5.85. The Morgan fingerprint density at radius 2 is 1.78 bits per heavy atom. The molecule has 0 aliphatic carbocycles. The molecule has 142 valence electrons. The van der Waals surface area contributed by atoms with Crippen LogP contribution in [-0.4, -0.2) is 44.6 Å². The molecule has 0 aliphatic heterocycles. The fraction of sp³-hybridized carbons (Fsp3) is 0.250. The minimum absolute atomic E-state index is 0.333. The van der Waals surface area contributed by atoms with Gasteiger partial charge in [-0.1, -0.05) is 24.3 Å². The SMILES string of the molecule is CCN(C(=O)COC(=O)CNC(=O)c1cccc(OC)c1)c1ccccc1. The van der Waals surface area contributed by atoms with Gasteiger partial charge >= 0.3 is 5.97 Å². The molecule has 0 atom stereocenters. The number of likely N-dealkylation sites (N-methyl/N-ethyl adjacent to an activating group) is 1. The number of hydrogen-bond acceptors (Lipinski definition) is 5. The molecule has 0 bridgehead atoms. The van der Waals surface area contributed by atoms with E-state index in [0.29, 0.717) is 17.9 Å². The van der Waals surface area contributed by atoms with Crippen LogP contribution >= 0.6 is 0 Å². The average molecular weight is 370 g/mol. The highest BCUT2D eigenvalue weighted by atomic mass is 16.5. The van der Waals surface area contributed by atoms with Crippen LogP contribution in [0.4, 0.5) is 5.69 Å². The van der Waals surface area contributed by atoms with Crippen LogP contribution in [0.3, 0.4) is 0 Å². The molecule has 0 saturated carbocycles. The first-order chi connectivity index (χ1) is 13.0. The highest BCUT2D eigenvalue weighted by molar-refractivity contribution is 5.97. The van der Waals surface area contributed by atoms with Crippen LogP contribution in [0.15, 0.2) is 54.6 Å². The molecule has 2 amide bonds. The Hall–Kier alpha value is -3.35. The van der Waals surface area contributed by atoms with Gasteiger partial charge < -0.3 is 19.7 Å². The summed E-state index contributed by atoms with van der Waals surface area (Å²) in [6, 6.07) is 15.7. The summed E-state index contributed by atoms with van der Waals surface area (Å²) in [6.07, 6.45) is 0. The Bertz CT molecular complexity index is 792. The summed E-state index contributed by atoms with van der Waals surface area (Å²) in [5.41, 5.74) is 1.09. The van der Waals surface area contributed by atoms with Crippen LogP contribution in [-0.2, 0) is 14.3 Å². The van der Waals surface area contributed by atoms with E-state index in [4.69, 9.17) is 9.47 Å². The number of methoxy groups -OCH3 is 1. The quantitative estimate of drug-likeness (QED) is 0.719. The van der Waals surface area contributed by atoms with E-state index < -0.39 is 18.5 Å². The molecule has 0 radical (unpaired) electrons. The Kier molecular flexibility index (Phi) is 7.37. The van der Waals surface area contributed by atoms with Crippen LogP contribution in [0, 0.1) is 0 Å². The van der Waals surface area contributed by atoms with Crippen molar-refractivity contribution in [3.63, 3.8) is 0 Å². The number of carbonyl (C=O) groups excluding carboxylic acids is 3. The van der Waals surface area contributed by atoms with Crippen molar-refractivity contribution in [2.45, 2.75) is 6.92 Å². The molecule has 0 aliphatic rings. The summed E-state index contributed by atoms with van der Waals surface area (Å²) in [6.45, 7) is 1.56.